The lowest BCUT2D eigenvalue weighted by Crippen LogP contribution is -2.35. The maximum atomic E-state index is 13.8. The maximum absolute atomic E-state index is 13.8. The minimum absolute atomic E-state index is 0.00575. The molecule has 7 rings (SSSR count). The summed E-state index contributed by atoms with van der Waals surface area (Å²) in [6.45, 7) is 6.85. The number of carbonyl (C=O) groups is 4. The fourth-order valence-electron chi connectivity index (χ4n) is 8.26. The van der Waals surface area contributed by atoms with Crippen molar-refractivity contribution < 1.29 is 48.3 Å². The Labute approximate surface area is 417 Å². The molecule has 0 bridgehead atoms. The van der Waals surface area contributed by atoms with Gasteiger partial charge in [0.25, 0.3) is 0 Å². The van der Waals surface area contributed by atoms with Gasteiger partial charge in [-0.05, 0) is 54.5 Å². The van der Waals surface area contributed by atoms with Crippen LogP contribution >= 0.6 is 11.8 Å². The van der Waals surface area contributed by atoms with E-state index >= 15 is 0 Å². The zero-order chi connectivity index (χ0) is 49.6. The van der Waals surface area contributed by atoms with Crippen LogP contribution in [-0.2, 0) is 48.2 Å². The monoisotopic (exact) mass is 993 g/mol. The van der Waals surface area contributed by atoms with E-state index in [9.17, 15) is 29.4 Å². The molecule has 4 N–H and O–H groups in total. The molecule has 3 aromatic heterocycles. The Balaban J connectivity index is 0.862. The normalized spacial score (nSPS) is 16.8. The average Bonchev–Trinajstić information content (AvgIpc) is 3.86. The van der Waals surface area contributed by atoms with Crippen LogP contribution in [0.15, 0.2) is 84.9 Å². The second-order valence-electron chi connectivity index (χ2n) is 17.1. The number of thioether (sulfide) groups is 1. The molecule has 0 radical (unpaired) electrons. The number of unbranched alkanes of at least 4 members (excludes halogenated alkanes) is 2. The predicted molar refractivity (Wildman–Crippen MR) is 267 cm³/mol. The van der Waals surface area contributed by atoms with E-state index in [4.69, 9.17) is 18.9 Å². The van der Waals surface area contributed by atoms with Crippen LogP contribution in [-0.4, -0.2) is 166 Å². The standard InChI is InChI=1S/C51H63N9O10S/c61-46(18-19-47(62)60-32-37-10-2-3-13-41(37)48-49(56-57-55-48)42-14-4-5-17-45(42)60)52-20-6-1-7-31-71-36-40-35-69-27-23-58(33-38-11-8-15-43(53-38)50(63)64)21-25-67-29-30-68-26-22-59(24-28-70-40)34-39-12-9-16-44(54-39)51(65)66/h2-5,8-17,40H,1,6-7,18-36H2,(H,52,61)(H,63,64)(H,65,66)(H,55,56,57)/t40-/m0/s1. The molecule has 2 aromatic carbocycles. The van der Waals surface area contributed by atoms with Gasteiger partial charge in [0.1, 0.15) is 22.8 Å². The number of ether oxygens (including phenoxy) is 4. The molecule has 71 heavy (non-hydrogen) atoms. The van der Waals surface area contributed by atoms with Gasteiger partial charge in [-0.25, -0.2) is 19.6 Å². The van der Waals surface area contributed by atoms with E-state index in [1.54, 1.807) is 28.8 Å². The molecule has 0 unspecified atom stereocenters. The molecule has 5 aromatic rings. The SMILES string of the molecule is O=C(CCC(=O)N1Cc2ccccc2-c2n[nH]nc2-c2ccccc21)NCCCCCSC[C@@H]1COCCN(Cc2cccc(C(=O)O)n2)CCOCCOCCN(Cc2cccc(C(=O)O)n2)CCO1. The summed E-state index contributed by atoms with van der Waals surface area (Å²) in [7, 11) is 0. The number of aromatic amines is 1. The van der Waals surface area contributed by atoms with Crippen LogP contribution < -0.4 is 10.2 Å². The number of nitrogens with zero attached hydrogens (tertiary/aromatic N) is 7. The van der Waals surface area contributed by atoms with Crippen molar-refractivity contribution in [3.8, 4) is 22.5 Å². The van der Waals surface area contributed by atoms with Crippen molar-refractivity contribution in [3.63, 3.8) is 0 Å². The molecule has 0 aliphatic carbocycles. The van der Waals surface area contributed by atoms with Gasteiger partial charge in [-0.2, -0.15) is 27.2 Å². The first-order valence-electron chi connectivity index (χ1n) is 24.1. The molecule has 0 spiro atoms. The van der Waals surface area contributed by atoms with Crippen LogP contribution in [0.3, 0.4) is 0 Å². The molecular formula is C51H63N9O10S. The Kier molecular flexibility index (Phi) is 20.8. The lowest BCUT2D eigenvalue weighted by Gasteiger charge is -2.28. The number of rotatable bonds is 17. The number of carboxylic acid groups (broad SMARTS) is 2. The summed E-state index contributed by atoms with van der Waals surface area (Å²) in [6, 6.07) is 25.5. The maximum Gasteiger partial charge on any atom is 0.354 e. The Bertz CT molecular complexity index is 2510. The summed E-state index contributed by atoms with van der Waals surface area (Å²) in [4.78, 5) is 64.6. The fraction of sp³-hybridized carbons (Fsp3) is 0.451. The van der Waals surface area contributed by atoms with Crippen LogP contribution in [0.25, 0.3) is 22.5 Å². The Morgan fingerprint density at radius 1 is 0.662 bits per heavy atom. The number of carbonyl (C=O) groups excluding carboxylic acids is 2. The summed E-state index contributed by atoms with van der Waals surface area (Å²) in [5.41, 5.74) is 6.06. The lowest BCUT2D eigenvalue weighted by atomic mass is 9.95. The van der Waals surface area contributed by atoms with Crippen molar-refractivity contribution in [3.05, 3.63) is 113 Å². The van der Waals surface area contributed by atoms with Gasteiger partial charge in [0.15, 0.2) is 0 Å². The molecule has 2 aliphatic rings. The van der Waals surface area contributed by atoms with Crippen LogP contribution in [0, 0.1) is 0 Å². The van der Waals surface area contributed by atoms with E-state index in [1.807, 2.05) is 60.7 Å². The highest BCUT2D eigenvalue weighted by Gasteiger charge is 2.28. The van der Waals surface area contributed by atoms with E-state index in [1.165, 1.54) is 12.1 Å². The Morgan fingerprint density at radius 3 is 1.94 bits per heavy atom. The number of hydrogen-bond donors (Lipinski definition) is 4. The Hall–Kier alpha value is -6.13. The first-order chi connectivity index (χ1) is 34.7. The third-order valence-electron chi connectivity index (χ3n) is 12.0. The second kappa shape index (κ2) is 28.0. The molecule has 378 valence electrons. The quantitative estimate of drug-likeness (QED) is 0.0851. The van der Waals surface area contributed by atoms with Crippen molar-refractivity contribution in [1.29, 1.82) is 0 Å². The molecule has 1 fully saturated rings. The lowest BCUT2D eigenvalue weighted by molar-refractivity contribution is -0.125. The molecule has 2 amide bonds. The largest absolute Gasteiger partial charge is 0.477 e. The number of aromatic nitrogens is 5. The molecular weight excluding hydrogens is 931 g/mol. The topological polar surface area (TPSA) is 235 Å². The van der Waals surface area contributed by atoms with Gasteiger partial charge in [-0.3, -0.25) is 19.4 Å². The minimum Gasteiger partial charge on any atom is -0.477 e. The van der Waals surface area contributed by atoms with Crippen molar-refractivity contribution in [2.75, 3.05) is 95.4 Å². The van der Waals surface area contributed by atoms with Gasteiger partial charge < -0.3 is 39.4 Å². The van der Waals surface area contributed by atoms with Crippen molar-refractivity contribution in [1.82, 2.24) is 40.5 Å². The third kappa shape index (κ3) is 16.5. The number of aromatic carboxylic acids is 2. The number of para-hydroxylation sites is 1. The number of H-pyrrole nitrogens is 1. The minimum atomic E-state index is -1.08. The summed E-state index contributed by atoms with van der Waals surface area (Å²) in [5.74, 6) is -0.868. The summed E-state index contributed by atoms with van der Waals surface area (Å²) in [6.07, 6.45) is 2.61. The van der Waals surface area contributed by atoms with Crippen molar-refractivity contribution in [2.24, 2.45) is 0 Å². The van der Waals surface area contributed by atoms with Gasteiger partial charge in [-0.15, -0.1) is 0 Å². The molecule has 5 heterocycles. The average molecular weight is 994 g/mol. The summed E-state index contributed by atoms with van der Waals surface area (Å²) in [5, 5.41) is 33.6. The van der Waals surface area contributed by atoms with E-state index in [2.05, 4.69) is 40.5 Å². The smallest absolute Gasteiger partial charge is 0.354 e. The first-order valence-corrected chi connectivity index (χ1v) is 25.3. The number of pyridine rings is 2. The number of benzene rings is 2. The second-order valence-corrected chi connectivity index (χ2v) is 18.3. The first kappa shape index (κ1) is 52.7. The molecule has 1 saturated heterocycles. The molecule has 1 atom stereocenters. The Morgan fingerprint density at radius 2 is 1.27 bits per heavy atom. The van der Waals surface area contributed by atoms with Gasteiger partial charge in [0.2, 0.25) is 11.8 Å². The van der Waals surface area contributed by atoms with Gasteiger partial charge in [0, 0.05) is 75.5 Å². The van der Waals surface area contributed by atoms with Crippen molar-refractivity contribution in [2.45, 2.75) is 57.8 Å². The van der Waals surface area contributed by atoms with Crippen LogP contribution in [0.2, 0.25) is 0 Å². The molecule has 19 nitrogen and oxygen atoms in total. The third-order valence-corrected chi connectivity index (χ3v) is 13.2. The van der Waals surface area contributed by atoms with Crippen LogP contribution in [0.1, 0.15) is 70.0 Å². The highest BCUT2D eigenvalue weighted by atomic mass is 32.2. The van der Waals surface area contributed by atoms with E-state index in [0.29, 0.717) is 121 Å². The fourth-order valence-corrected chi connectivity index (χ4v) is 9.29. The highest BCUT2D eigenvalue weighted by molar-refractivity contribution is 7.99. The van der Waals surface area contributed by atoms with E-state index in [0.717, 1.165) is 53.1 Å². The van der Waals surface area contributed by atoms with Gasteiger partial charge in [-0.1, -0.05) is 61.0 Å². The zero-order valence-corrected chi connectivity index (χ0v) is 40.7. The molecule has 0 saturated carbocycles. The van der Waals surface area contributed by atoms with Crippen LogP contribution in [0.4, 0.5) is 5.69 Å². The summed E-state index contributed by atoms with van der Waals surface area (Å²) >= 11 is 1.78. The predicted octanol–water partition coefficient (Wildman–Crippen LogP) is 5.42. The summed E-state index contributed by atoms with van der Waals surface area (Å²) < 4.78 is 24.5. The number of fused-ring (bicyclic) bond motifs is 5. The zero-order valence-electron chi connectivity index (χ0n) is 39.9. The number of amides is 2. The molecule has 2 aliphatic heterocycles. The van der Waals surface area contributed by atoms with Gasteiger partial charge >= 0.3 is 11.9 Å². The number of anilines is 1. The molecule has 20 heteroatoms. The van der Waals surface area contributed by atoms with Gasteiger partial charge in [0.05, 0.1) is 76.0 Å². The number of carboxylic acids is 2. The number of nitrogens with one attached hydrogen (secondary N) is 2. The van der Waals surface area contributed by atoms with E-state index in [-0.39, 0.29) is 42.1 Å². The van der Waals surface area contributed by atoms with Crippen molar-refractivity contribution >= 4 is 41.2 Å². The van der Waals surface area contributed by atoms with Crippen LogP contribution in [0.5, 0.6) is 0 Å². The number of hydrogen-bond acceptors (Lipinski definition) is 15. The van der Waals surface area contributed by atoms with E-state index < -0.39 is 11.9 Å². The highest BCUT2D eigenvalue weighted by Crippen LogP contribution is 2.40.